The van der Waals surface area contributed by atoms with Crippen LogP contribution < -0.4 is 0 Å². The van der Waals surface area contributed by atoms with Crippen LogP contribution in [-0.2, 0) is 0 Å². The van der Waals surface area contributed by atoms with E-state index in [-0.39, 0.29) is 0 Å². The van der Waals surface area contributed by atoms with Crippen LogP contribution >= 0.6 is 0 Å². The van der Waals surface area contributed by atoms with Gasteiger partial charge in [-0.1, -0.05) is 0 Å². The number of alkyl halides is 17. The molecule has 0 saturated carbocycles. The molecule has 1 N–H and O–H groups in total. The van der Waals surface area contributed by atoms with E-state index in [0.717, 1.165) is 0 Å². The van der Waals surface area contributed by atoms with Crippen LogP contribution in [0.3, 0.4) is 0 Å². The van der Waals surface area contributed by atoms with Crippen molar-refractivity contribution in [2.24, 2.45) is 0 Å². The van der Waals surface area contributed by atoms with Crippen molar-refractivity contribution in [3.8, 4) is 0 Å². The average Bonchev–Trinajstić information content (AvgIpc) is 2.50. The lowest BCUT2D eigenvalue weighted by Crippen LogP contribution is -2.73. The molecule has 0 bridgehead atoms. The van der Waals surface area contributed by atoms with Gasteiger partial charge in [-0.15, -0.1) is 0 Å². The van der Waals surface area contributed by atoms with Gasteiger partial charge in [-0.3, -0.25) is 0 Å². The van der Waals surface area contributed by atoms with Crippen molar-refractivity contribution >= 4 is 0 Å². The Labute approximate surface area is 149 Å². The second-order valence-corrected chi connectivity index (χ2v) is 5.11. The molecule has 20 heteroatoms. The van der Waals surface area contributed by atoms with Crippen LogP contribution in [-0.4, -0.2) is 52.9 Å². The SMILES string of the molecule is OC(F)(F)C(F)(F)C(F)(F)C(F)(F)C(F)(F)C(F)(F)C(F)(F)/C(F)=C(\F)C(F)(F)F. The maximum Gasteiger partial charge on any atom is 0.445 e. The number of rotatable bonds is 7. The quantitative estimate of drug-likeness (QED) is 0.421. The molecule has 0 unspecified atom stereocenters. The zero-order valence-corrected chi connectivity index (χ0v) is 12.6. The number of hydrogen-bond acceptors (Lipinski definition) is 1. The molecule has 0 heterocycles. The lowest BCUT2D eigenvalue weighted by molar-refractivity contribution is -0.460. The first-order chi connectivity index (χ1) is 12.6. The smallest absolute Gasteiger partial charge is 0.331 e. The highest BCUT2D eigenvalue weighted by atomic mass is 19.4. The van der Waals surface area contributed by atoms with Crippen molar-refractivity contribution in [3.63, 3.8) is 0 Å². The molecular formula is C10HF19O. The van der Waals surface area contributed by atoms with Crippen LogP contribution in [0.4, 0.5) is 83.4 Å². The van der Waals surface area contributed by atoms with E-state index in [9.17, 15) is 83.4 Å². The van der Waals surface area contributed by atoms with Crippen molar-refractivity contribution < 1.29 is 88.5 Å². The molecule has 0 aliphatic heterocycles. The van der Waals surface area contributed by atoms with E-state index in [1.165, 1.54) is 0 Å². The highest BCUT2D eigenvalue weighted by Gasteiger charge is 2.93. The maximum atomic E-state index is 13.1. The highest BCUT2D eigenvalue weighted by Crippen LogP contribution is 2.63. The lowest BCUT2D eigenvalue weighted by atomic mass is 9.90. The Morgan fingerprint density at radius 1 is 0.400 bits per heavy atom. The van der Waals surface area contributed by atoms with Crippen LogP contribution in [0, 0.1) is 0 Å². The van der Waals surface area contributed by atoms with Gasteiger partial charge in [-0.05, 0) is 0 Å². The van der Waals surface area contributed by atoms with E-state index in [0.29, 0.717) is 0 Å². The molecule has 0 aromatic rings. The van der Waals surface area contributed by atoms with Gasteiger partial charge in [0, 0.05) is 0 Å². The summed E-state index contributed by atoms with van der Waals surface area (Å²) in [6.07, 6.45) is -14.4. The first kappa shape index (κ1) is 28.4. The number of hydrogen-bond donors (Lipinski definition) is 1. The van der Waals surface area contributed by atoms with Gasteiger partial charge in [-0.25, -0.2) is 4.39 Å². The van der Waals surface area contributed by atoms with Crippen LogP contribution in [0.1, 0.15) is 0 Å². The third-order valence-electron chi connectivity index (χ3n) is 3.07. The molecule has 0 aliphatic rings. The fraction of sp³-hybridized carbons (Fsp3) is 0.800. The Hall–Kier alpha value is -1.63. The van der Waals surface area contributed by atoms with E-state index in [4.69, 9.17) is 5.11 Å². The molecule has 30 heavy (non-hydrogen) atoms. The summed E-state index contributed by atoms with van der Waals surface area (Å²) in [5, 5.41) is 7.40. The molecule has 0 saturated heterocycles. The van der Waals surface area contributed by atoms with E-state index in [2.05, 4.69) is 0 Å². The Morgan fingerprint density at radius 2 is 0.667 bits per heavy atom. The highest BCUT2D eigenvalue weighted by molar-refractivity contribution is 5.23. The molecule has 0 fully saturated rings. The lowest BCUT2D eigenvalue weighted by Gasteiger charge is -2.41. The normalized spacial score (nSPS) is 17.2. The second kappa shape index (κ2) is 6.94. The van der Waals surface area contributed by atoms with Gasteiger partial charge in [0.1, 0.15) is 0 Å². The van der Waals surface area contributed by atoms with Crippen molar-refractivity contribution in [2.75, 3.05) is 0 Å². The molecule has 1 nitrogen and oxygen atoms in total. The fourth-order valence-electron chi connectivity index (χ4n) is 1.38. The van der Waals surface area contributed by atoms with Crippen molar-refractivity contribution in [1.29, 1.82) is 0 Å². The van der Waals surface area contributed by atoms with Gasteiger partial charge in [0.05, 0.1) is 0 Å². The minimum absolute atomic E-state index is 4.94. The monoisotopic (exact) mass is 498 g/mol. The second-order valence-electron chi connectivity index (χ2n) is 5.11. The Morgan fingerprint density at radius 3 is 0.933 bits per heavy atom. The summed E-state index contributed by atoms with van der Waals surface area (Å²) < 4.78 is 239. The first-order valence-corrected chi connectivity index (χ1v) is 6.06. The van der Waals surface area contributed by atoms with Crippen molar-refractivity contribution in [3.05, 3.63) is 11.7 Å². The molecule has 0 rings (SSSR count). The van der Waals surface area contributed by atoms with E-state index in [1.807, 2.05) is 0 Å². The third-order valence-corrected chi connectivity index (χ3v) is 3.07. The summed E-state index contributed by atoms with van der Waals surface area (Å²) in [6, 6.07) is 0. The van der Waals surface area contributed by atoms with Crippen LogP contribution in [0.2, 0.25) is 0 Å². The zero-order chi connectivity index (χ0) is 25.2. The van der Waals surface area contributed by atoms with Gasteiger partial charge in [0.15, 0.2) is 0 Å². The maximum absolute atomic E-state index is 13.1. The van der Waals surface area contributed by atoms with Crippen LogP contribution in [0.15, 0.2) is 11.7 Å². The summed E-state index contributed by atoms with van der Waals surface area (Å²) in [7, 11) is 0. The molecule has 0 aromatic heterocycles. The summed E-state index contributed by atoms with van der Waals surface area (Å²) in [5.41, 5.74) is 0. The van der Waals surface area contributed by atoms with Gasteiger partial charge < -0.3 is 5.11 Å². The molecule has 0 aliphatic carbocycles. The predicted molar refractivity (Wildman–Crippen MR) is 52.1 cm³/mol. The molecule has 0 atom stereocenters. The summed E-state index contributed by atoms with van der Waals surface area (Å²) in [4.78, 5) is 0. The largest absolute Gasteiger partial charge is 0.445 e. The number of allylic oxidation sites excluding steroid dienone is 2. The van der Waals surface area contributed by atoms with Gasteiger partial charge in [-0.2, -0.15) is 79.0 Å². The Bertz CT molecular complexity index is 676. The molecular weight excluding hydrogens is 497 g/mol. The Balaban J connectivity index is 6.86. The van der Waals surface area contributed by atoms with E-state index in [1.54, 1.807) is 0 Å². The van der Waals surface area contributed by atoms with Gasteiger partial charge in [0.25, 0.3) is 0 Å². The standard InChI is InChI=1S/C10HF19O/c11-1(2(12)4(15,16)17)3(13,14)5(18,19)6(20,21)7(22,23)8(24,25)9(26,27)10(28,29)30/h30H/b2-1+. The van der Waals surface area contributed by atoms with Crippen LogP contribution in [0.25, 0.3) is 0 Å². The molecule has 0 radical (unpaired) electrons. The number of aliphatic hydroxyl groups is 1. The topological polar surface area (TPSA) is 20.2 Å². The summed E-state index contributed by atoms with van der Waals surface area (Å²) >= 11 is 0. The summed E-state index contributed by atoms with van der Waals surface area (Å²) in [5.74, 6) is -61.0. The molecule has 0 spiro atoms. The van der Waals surface area contributed by atoms with Crippen molar-refractivity contribution in [1.82, 2.24) is 0 Å². The minimum Gasteiger partial charge on any atom is -0.331 e. The fourth-order valence-corrected chi connectivity index (χ4v) is 1.38. The predicted octanol–water partition coefficient (Wildman–Crippen LogP) is 6.10. The zero-order valence-electron chi connectivity index (χ0n) is 12.6. The molecule has 180 valence electrons. The summed E-state index contributed by atoms with van der Waals surface area (Å²) in [6.45, 7) is 0. The van der Waals surface area contributed by atoms with Gasteiger partial charge in [0.2, 0.25) is 11.7 Å². The van der Waals surface area contributed by atoms with E-state index >= 15 is 0 Å². The molecule has 0 aromatic carbocycles. The van der Waals surface area contributed by atoms with Crippen LogP contribution in [0.5, 0.6) is 0 Å². The van der Waals surface area contributed by atoms with Gasteiger partial charge >= 0.3 is 47.8 Å². The van der Waals surface area contributed by atoms with E-state index < -0.39 is 59.5 Å². The number of halogens is 19. The molecule has 0 amide bonds. The Kier molecular flexibility index (Phi) is 6.56. The average molecular weight is 498 g/mol. The first-order valence-electron chi connectivity index (χ1n) is 6.06. The minimum atomic E-state index is -8.77. The third kappa shape index (κ3) is 3.63. The van der Waals surface area contributed by atoms with Crippen molar-refractivity contribution in [2.45, 2.75) is 47.8 Å².